The molecule has 0 saturated carbocycles. The van der Waals surface area contributed by atoms with Crippen LogP contribution < -0.4 is 5.32 Å². The van der Waals surface area contributed by atoms with E-state index in [1.807, 2.05) is 37.3 Å². The fraction of sp³-hybridized carbons (Fsp3) is 0.417. The Bertz CT molecular complexity index is 1060. The summed E-state index contributed by atoms with van der Waals surface area (Å²) in [5.41, 5.74) is 1.81. The molecular weight excluding hydrogens is 460 g/mol. The molecule has 2 amide bonds. The number of aryl methyl sites for hydroxylation is 1. The van der Waals surface area contributed by atoms with Crippen molar-refractivity contribution in [2.45, 2.75) is 49.8 Å². The molecule has 1 aliphatic heterocycles. The predicted octanol–water partition coefficient (Wildman–Crippen LogP) is 3.62. The van der Waals surface area contributed by atoms with Crippen LogP contribution in [0.3, 0.4) is 0 Å². The van der Waals surface area contributed by atoms with Gasteiger partial charge in [0.1, 0.15) is 6.61 Å². The number of hydrogen-bond acceptors (Lipinski definition) is 7. The number of alkyl carbamates (subject to hydrolysis) is 1. The molecule has 34 heavy (non-hydrogen) atoms. The summed E-state index contributed by atoms with van der Waals surface area (Å²) in [6.07, 6.45) is 0.225. The second kappa shape index (κ2) is 11.8. The molecule has 0 aliphatic carbocycles. The van der Waals surface area contributed by atoms with Crippen molar-refractivity contribution in [3.05, 3.63) is 65.7 Å². The number of nitrogens with one attached hydrogen (secondary N) is 1. The number of amides is 2. The Morgan fingerprint density at radius 1 is 1.09 bits per heavy atom. The maximum atomic E-state index is 12.8. The van der Waals surface area contributed by atoms with Crippen LogP contribution in [0, 0.1) is 6.92 Å². The Kier molecular flexibility index (Phi) is 8.89. The zero-order valence-electron chi connectivity index (χ0n) is 19.3. The van der Waals surface area contributed by atoms with E-state index >= 15 is 0 Å². The summed E-state index contributed by atoms with van der Waals surface area (Å²) in [4.78, 5) is 26.2. The third-order valence-corrected chi connectivity index (χ3v) is 6.99. The van der Waals surface area contributed by atoms with E-state index in [-0.39, 0.29) is 30.2 Å². The summed E-state index contributed by atoms with van der Waals surface area (Å²) in [5, 5.41) is 2.76. The van der Waals surface area contributed by atoms with Gasteiger partial charge in [0.25, 0.3) is 10.1 Å². The first kappa shape index (κ1) is 25.5. The van der Waals surface area contributed by atoms with Crippen molar-refractivity contribution in [1.82, 2.24) is 10.2 Å². The summed E-state index contributed by atoms with van der Waals surface area (Å²) in [5.74, 6) is 0. The monoisotopic (exact) mass is 490 g/mol. The van der Waals surface area contributed by atoms with Crippen molar-refractivity contribution in [2.75, 3.05) is 20.3 Å². The molecule has 1 heterocycles. The van der Waals surface area contributed by atoms with Crippen LogP contribution in [0.5, 0.6) is 0 Å². The second-order valence-electron chi connectivity index (χ2n) is 8.06. The maximum absolute atomic E-state index is 12.8. The smallest absolute Gasteiger partial charge is 0.410 e. The van der Waals surface area contributed by atoms with E-state index in [0.717, 1.165) is 11.1 Å². The molecule has 0 spiro atoms. The maximum Gasteiger partial charge on any atom is 0.410 e. The molecule has 1 fully saturated rings. The number of benzene rings is 2. The molecule has 1 N–H and O–H groups in total. The summed E-state index contributed by atoms with van der Waals surface area (Å²) < 4.78 is 40.1. The minimum absolute atomic E-state index is 0.0510. The number of rotatable bonds is 9. The number of likely N-dealkylation sites (tertiary alicyclic amines) is 1. The van der Waals surface area contributed by atoms with Crippen LogP contribution in [0.25, 0.3) is 0 Å². The second-order valence-corrected chi connectivity index (χ2v) is 9.68. The topological polar surface area (TPSA) is 111 Å². The van der Waals surface area contributed by atoms with Crippen LogP contribution in [0.15, 0.2) is 59.5 Å². The van der Waals surface area contributed by atoms with Crippen LogP contribution in [0.2, 0.25) is 0 Å². The highest BCUT2D eigenvalue weighted by Crippen LogP contribution is 2.24. The SMILES string of the molecule is COC(=O)N[C@@H]1CCN(C(=O)OCc2ccccc2)[C@H]1CCCOS(=O)(=O)c1ccc(C)cc1. The minimum atomic E-state index is -3.87. The standard InChI is InChI=1S/C24H30N2O7S/c1-18-10-12-20(13-11-18)34(29,30)33-16-6-9-22-21(25-23(27)31-2)14-15-26(22)24(28)32-17-19-7-4-3-5-8-19/h3-5,7-8,10-13,21-22H,6,9,14-17H2,1-2H3,(H,25,27)/t21-,22+/m1/s1. The van der Waals surface area contributed by atoms with Gasteiger partial charge < -0.3 is 19.7 Å². The van der Waals surface area contributed by atoms with Crippen LogP contribution in [-0.2, 0) is 30.4 Å². The van der Waals surface area contributed by atoms with Crippen LogP contribution in [-0.4, -0.2) is 57.8 Å². The molecule has 10 heteroatoms. The molecule has 0 bridgehead atoms. The molecule has 3 rings (SSSR count). The Labute approximate surface area is 200 Å². The van der Waals surface area contributed by atoms with Crippen molar-refractivity contribution in [1.29, 1.82) is 0 Å². The van der Waals surface area contributed by atoms with Gasteiger partial charge in [-0.2, -0.15) is 8.42 Å². The number of hydrogen-bond donors (Lipinski definition) is 1. The predicted molar refractivity (Wildman–Crippen MR) is 125 cm³/mol. The number of carbonyl (C=O) groups excluding carboxylic acids is 2. The molecule has 0 radical (unpaired) electrons. The molecule has 1 saturated heterocycles. The van der Waals surface area contributed by atoms with Crippen LogP contribution in [0.1, 0.15) is 30.4 Å². The normalized spacial score (nSPS) is 17.9. The molecule has 1 aliphatic rings. The summed E-state index contributed by atoms with van der Waals surface area (Å²) >= 11 is 0. The van der Waals surface area contributed by atoms with Gasteiger partial charge in [-0.1, -0.05) is 48.0 Å². The van der Waals surface area contributed by atoms with E-state index < -0.39 is 22.3 Å². The fourth-order valence-electron chi connectivity index (χ4n) is 3.85. The molecule has 2 atom stereocenters. The van der Waals surface area contributed by atoms with Crippen molar-refractivity contribution >= 4 is 22.3 Å². The van der Waals surface area contributed by atoms with Gasteiger partial charge in [0, 0.05) is 6.54 Å². The molecular formula is C24H30N2O7S. The fourth-order valence-corrected chi connectivity index (χ4v) is 4.80. The lowest BCUT2D eigenvalue weighted by atomic mass is 10.0. The lowest BCUT2D eigenvalue weighted by Gasteiger charge is -2.28. The Morgan fingerprint density at radius 2 is 1.79 bits per heavy atom. The largest absolute Gasteiger partial charge is 0.453 e. The Balaban J connectivity index is 1.58. The van der Waals surface area contributed by atoms with Gasteiger partial charge in [0.05, 0.1) is 30.7 Å². The Hall–Kier alpha value is -3.11. The van der Waals surface area contributed by atoms with E-state index in [9.17, 15) is 18.0 Å². The highest BCUT2D eigenvalue weighted by atomic mass is 32.2. The highest BCUT2D eigenvalue weighted by Gasteiger charge is 2.38. The van der Waals surface area contributed by atoms with Crippen molar-refractivity contribution < 1.29 is 31.7 Å². The van der Waals surface area contributed by atoms with E-state index in [1.54, 1.807) is 17.0 Å². The first-order valence-electron chi connectivity index (χ1n) is 11.1. The van der Waals surface area contributed by atoms with Gasteiger partial charge in [-0.3, -0.25) is 4.18 Å². The van der Waals surface area contributed by atoms with Gasteiger partial charge in [0.15, 0.2) is 0 Å². The Morgan fingerprint density at radius 3 is 2.47 bits per heavy atom. The third kappa shape index (κ3) is 6.94. The lowest BCUT2D eigenvalue weighted by Crippen LogP contribution is -2.47. The van der Waals surface area contributed by atoms with Crippen LogP contribution >= 0.6 is 0 Å². The lowest BCUT2D eigenvalue weighted by molar-refractivity contribution is 0.0864. The van der Waals surface area contributed by atoms with Gasteiger partial charge in [-0.15, -0.1) is 0 Å². The van der Waals surface area contributed by atoms with Gasteiger partial charge >= 0.3 is 12.2 Å². The average molecular weight is 491 g/mol. The molecule has 9 nitrogen and oxygen atoms in total. The zero-order chi connectivity index (χ0) is 24.6. The van der Waals surface area contributed by atoms with Crippen molar-refractivity contribution in [3.63, 3.8) is 0 Å². The molecule has 184 valence electrons. The first-order valence-corrected chi connectivity index (χ1v) is 12.5. The molecule has 0 aromatic heterocycles. The minimum Gasteiger partial charge on any atom is -0.453 e. The summed E-state index contributed by atoms with van der Waals surface area (Å²) in [6.45, 7) is 2.35. The molecule has 0 unspecified atom stereocenters. The molecule has 2 aromatic carbocycles. The van der Waals surface area contributed by atoms with Crippen molar-refractivity contribution in [3.8, 4) is 0 Å². The van der Waals surface area contributed by atoms with Gasteiger partial charge in [-0.25, -0.2) is 9.59 Å². The van der Waals surface area contributed by atoms with E-state index in [4.69, 9.17) is 13.7 Å². The number of nitrogens with zero attached hydrogens (tertiary/aromatic N) is 1. The van der Waals surface area contributed by atoms with E-state index in [2.05, 4.69) is 5.32 Å². The number of carbonyl (C=O) groups is 2. The quantitative estimate of drug-likeness (QED) is 0.422. The van der Waals surface area contributed by atoms with Gasteiger partial charge in [-0.05, 0) is 43.9 Å². The zero-order valence-corrected chi connectivity index (χ0v) is 20.1. The van der Waals surface area contributed by atoms with Gasteiger partial charge in [0.2, 0.25) is 0 Å². The average Bonchev–Trinajstić information content (AvgIpc) is 3.23. The number of ether oxygens (including phenoxy) is 2. The van der Waals surface area contributed by atoms with E-state index in [1.165, 1.54) is 19.2 Å². The van der Waals surface area contributed by atoms with Crippen LogP contribution in [0.4, 0.5) is 9.59 Å². The summed E-state index contributed by atoms with van der Waals surface area (Å²) in [7, 11) is -2.60. The third-order valence-electron chi connectivity index (χ3n) is 5.67. The highest BCUT2D eigenvalue weighted by molar-refractivity contribution is 7.86. The molecule has 2 aromatic rings. The van der Waals surface area contributed by atoms with E-state index in [0.29, 0.717) is 25.8 Å². The van der Waals surface area contributed by atoms with Crippen molar-refractivity contribution in [2.24, 2.45) is 0 Å². The number of methoxy groups -OCH3 is 1. The first-order chi connectivity index (χ1) is 16.3. The summed E-state index contributed by atoms with van der Waals surface area (Å²) in [6, 6.07) is 15.0.